The van der Waals surface area contributed by atoms with Crippen LogP contribution in [0.3, 0.4) is 0 Å². The summed E-state index contributed by atoms with van der Waals surface area (Å²) >= 11 is 0. The maximum absolute atomic E-state index is 12.5. The molecule has 6 nitrogen and oxygen atoms in total. The van der Waals surface area contributed by atoms with E-state index in [4.69, 9.17) is 0 Å². The highest BCUT2D eigenvalue weighted by Gasteiger charge is 2.22. The van der Waals surface area contributed by atoms with Gasteiger partial charge in [-0.15, -0.1) is 0 Å². The molecule has 0 aliphatic heterocycles. The van der Waals surface area contributed by atoms with Gasteiger partial charge in [0, 0.05) is 18.5 Å². The van der Waals surface area contributed by atoms with Gasteiger partial charge in [0.15, 0.2) is 0 Å². The first-order valence-electron chi connectivity index (χ1n) is 7.70. The van der Waals surface area contributed by atoms with Crippen molar-refractivity contribution in [1.29, 1.82) is 0 Å². The van der Waals surface area contributed by atoms with Crippen LogP contribution in [0.1, 0.15) is 20.3 Å². The molecule has 0 radical (unpaired) electrons. The van der Waals surface area contributed by atoms with Gasteiger partial charge >= 0.3 is 0 Å². The Balaban J connectivity index is 2.22. The lowest BCUT2D eigenvalue weighted by Gasteiger charge is -2.18. The number of sulfonamides is 1. The lowest BCUT2D eigenvalue weighted by atomic mass is 10.1. The van der Waals surface area contributed by atoms with E-state index in [1.54, 1.807) is 50.2 Å². The number of benzene rings is 2. The van der Waals surface area contributed by atoms with Crippen molar-refractivity contribution in [2.45, 2.75) is 25.2 Å². The molecule has 0 fully saturated rings. The van der Waals surface area contributed by atoms with Gasteiger partial charge in [-0.25, -0.2) is 13.1 Å². The number of nitrogens with one attached hydrogen (secondary N) is 1. The van der Waals surface area contributed by atoms with E-state index in [0.717, 1.165) is 5.39 Å². The van der Waals surface area contributed by atoms with Gasteiger partial charge in [0.25, 0.3) is 10.0 Å². The summed E-state index contributed by atoms with van der Waals surface area (Å²) in [6.07, 6.45) is -0.494. The molecule has 2 amide bonds. The highest BCUT2D eigenvalue weighted by molar-refractivity contribution is 7.90. The van der Waals surface area contributed by atoms with Crippen molar-refractivity contribution >= 4 is 32.6 Å². The number of rotatable bonds is 6. The zero-order chi connectivity index (χ0) is 17.7. The molecule has 0 saturated carbocycles. The van der Waals surface area contributed by atoms with Crippen LogP contribution in [0, 0.1) is 0 Å². The van der Waals surface area contributed by atoms with E-state index in [2.05, 4.69) is 0 Å². The third kappa shape index (κ3) is 3.91. The number of hydrogen-bond donors (Lipinski definition) is 1. The van der Waals surface area contributed by atoms with E-state index in [9.17, 15) is 18.0 Å². The smallest absolute Gasteiger partial charge is 0.264 e. The molecule has 2 aromatic rings. The summed E-state index contributed by atoms with van der Waals surface area (Å²) in [7, 11) is -4.04. The Kier molecular flexibility index (Phi) is 5.56. The average Bonchev–Trinajstić information content (AvgIpc) is 2.54. The van der Waals surface area contributed by atoms with Gasteiger partial charge in [-0.2, -0.15) is 0 Å². The van der Waals surface area contributed by atoms with E-state index >= 15 is 0 Å². The molecule has 0 bridgehead atoms. The first-order valence-corrected chi connectivity index (χ1v) is 9.18. The second-order valence-electron chi connectivity index (χ2n) is 5.25. The molecule has 0 saturated heterocycles. The summed E-state index contributed by atoms with van der Waals surface area (Å²) in [5.74, 6) is -1.23. The highest BCUT2D eigenvalue weighted by Crippen LogP contribution is 2.22. The minimum atomic E-state index is -4.04. The molecule has 128 valence electrons. The van der Waals surface area contributed by atoms with Crippen molar-refractivity contribution in [3.8, 4) is 0 Å². The van der Waals surface area contributed by atoms with Gasteiger partial charge in [-0.3, -0.25) is 9.59 Å². The van der Waals surface area contributed by atoms with Gasteiger partial charge in [0.05, 0.1) is 4.90 Å². The quantitative estimate of drug-likeness (QED) is 0.808. The van der Waals surface area contributed by atoms with Crippen LogP contribution >= 0.6 is 0 Å². The second-order valence-corrected chi connectivity index (χ2v) is 6.90. The van der Waals surface area contributed by atoms with E-state index < -0.39 is 28.3 Å². The SMILES string of the molecule is CCN(CC)C(=O)CC(=O)NS(=O)(=O)c1cccc2ccccc12. The van der Waals surface area contributed by atoms with E-state index in [1.165, 1.54) is 11.0 Å². The van der Waals surface area contributed by atoms with Crippen LogP contribution in [0.4, 0.5) is 0 Å². The number of hydrogen-bond acceptors (Lipinski definition) is 4. The van der Waals surface area contributed by atoms with Crippen molar-refractivity contribution in [2.24, 2.45) is 0 Å². The second kappa shape index (κ2) is 7.44. The molecule has 0 spiro atoms. The highest BCUT2D eigenvalue weighted by atomic mass is 32.2. The number of fused-ring (bicyclic) bond motifs is 1. The Morgan fingerprint density at radius 3 is 2.29 bits per heavy atom. The first kappa shape index (κ1) is 17.9. The normalized spacial score (nSPS) is 11.2. The van der Waals surface area contributed by atoms with E-state index in [1.807, 2.05) is 4.72 Å². The fourth-order valence-electron chi connectivity index (χ4n) is 2.50. The van der Waals surface area contributed by atoms with Crippen LogP contribution in [-0.4, -0.2) is 38.2 Å². The van der Waals surface area contributed by atoms with Gasteiger partial charge < -0.3 is 4.90 Å². The van der Waals surface area contributed by atoms with Crippen LogP contribution in [0.5, 0.6) is 0 Å². The molecular formula is C17H20N2O4S. The molecule has 0 unspecified atom stereocenters. The lowest BCUT2D eigenvalue weighted by molar-refractivity contribution is -0.135. The summed E-state index contributed by atoms with van der Waals surface area (Å²) < 4.78 is 27.0. The summed E-state index contributed by atoms with van der Waals surface area (Å²) in [6.45, 7) is 4.54. The molecule has 0 aliphatic carbocycles. The maximum atomic E-state index is 12.5. The van der Waals surface area contributed by atoms with Crippen molar-refractivity contribution < 1.29 is 18.0 Å². The van der Waals surface area contributed by atoms with Gasteiger partial charge in [0.1, 0.15) is 6.42 Å². The number of carbonyl (C=O) groups is 2. The summed E-state index contributed by atoms with van der Waals surface area (Å²) in [5.41, 5.74) is 0. The molecule has 0 aromatic heterocycles. The molecule has 1 N–H and O–H groups in total. The molecule has 0 aliphatic rings. The van der Waals surface area contributed by atoms with Crippen LogP contribution in [0.2, 0.25) is 0 Å². The molecule has 2 rings (SSSR count). The van der Waals surface area contributed by atoms with Crippen LogP contribution in [0.25, 0.3) is 10.8 Å². The average molecular weight is 348 g/mol. The van der Waals surface area contributed by atoms with Crippen LogP contribution in [0.15, 0.2) is 47.4 Å². The van der Waals surface area contributed by atoms with Crippen molar-refractivity contribution in [2.75, 3.05) is 13.1 Å². The number of amides is 2. The molecule has 0 atom stereocenters. The Morgan fingerprint density at radius 1 is 1.00 bits per heavy atom. The molecule has 0 heterocycles. The van der Waals surface area contributed by atoms with Gasteiger partial charge in [0.2, 0.25) is 11.8 Å². The van der Waals surface area contributed by atoms with Crippen molar-refractivity contribution in [1.82, 2.24) is 9.62 Å². The fourth-order valence-corrected chi connectivity index (χ4v) is 3.71. The molecule has 7 heteroatoms. The molecule has 2 aromatic carbocycles. The summed E-state index contributed by atoms with van der Waals surface area (Å²) in [5, 5.41) is 1.28. The lowest BCUT2D eigenvalue weighted by Crippen LogP contribution is -2.37. The Morgan fingerprint density at radius 2 is 1.62 bits per heavy atom. The fraction of sp³-hybridized carbons (Fsp3) is 0.294. The number of nitrogens with zero attached hydrogens (tertiary/aromatic N) is 1. The van der Waals surface area contributed by atoms with E-state index in [-0.39, 0.29) is 4.90 Å². The summed E-state index contributed by atoms with van der Waals surface area (Å²) in [6, 6.07) is 11.8. The third-order valence-electron chi connectivity index (χ3n) is 3.72. The summed E-state index contributed by atoms with van der Waals surface area (Å²) in [4.78, 5) is 25.4. The monoisotopic (exact) mass is 348 g/mol. The number of carbonyl (C=O) groups excluding carboxylic acids is 2. The largest absolute Gasteiger partial charge is 0.343 e. The van der Waals surface area contributed by atoms with E-state index in [0.29, 0.717) is 18.5 Å². The predicted molar refractivity (Wildman–Crippen MR) is 91.8 cm³/mol. The molecule has 24 heavy (non-hydrogen) atoms. The zero-order valence-corrected chi connectivity index (χ0v) is 14.5. The minimum absolute atomic E-state index is 0.0178. The van der Waals surface area contributed by atoms with Crippen molar-refractivity contribution in [3.05, 3.63) is 42.5 Å². The topological polar surface area (TPSA) is 83.6 Å². The van der Waals surface area contributed by atoms with Crippen LogP contribution < -0.4 is 4.72 Å². The maximum Gasteiger partial charge on any atom is 0.264 e. The standard InChI is InChI=1S/C17H20N2O4S/c1-3-19(4-2)17(21)12-16(20)18-24(22,23)15-11-7-9-13-8-5-6-10-14(13)15/h5-11H,3-4,12H2,1-2H3,(H,18,20). The Hall–Kier alpha value is -2.41. The Bertz CT molecular complexity index is 853. The predicted octanol–water partition coefficient (Wildman–Crippen LogP) is 1.90. The Labute approximate surface area is 141 Å². The van der Waals surface area contributed by atoms with Gasteiger partial charge in [-0.05, 0) is 25.3 Å². The zero-order valence-electron chi connectivity index (χ0n) is 13.7. The van der Waals surface area contributed by atoms with Crippen LogP contribution in [-0.2, 0) is 19.6 Å². The van der Waals surface area contributed by atoms with Crippen molar-refractivity contribution in [3.63, 3.8) is 0 Å². The first-order chi connectivity index (χ1) is 11.4. The molecular weight excluding hydrogens is 328 g/mol. The third-order valence-corrected chi connectivity index (χ3v) is 5.15. The van der Waals surface area contributed by atoms with Gasteiger partial charge in [-0.1, -0.05) is 36.4 Å². The minimum Gasteiger partial charge on any atom is -0.343 e.